The van der Waals surface area contributed by atoms with Gasteiger partial charge in [-0.3, -0.25) is 4.79 Å². The van der Waals surface area contributed by atoms with Gasteiger partial charge >= 0.3 is 6.03 Å². The zero-order valence-electron chi connectivity index (χ0n) is 16.3. The van der Waals surface area contributed by atoms with E-state index in [1.165, 1.54) is 10.9 Å². The molecule has 1 fully saturated rings. The van der Waals surface area contributed by atoms with Crippen LogP contribution < -0.4 is 5.32 Å². The summed E-state index contributed by atoms with van der Waals surface area (Å²) in [4.78, 5) is 31.5. The van der Waals surface area contributed by atoms with Crippen LogP contribution in [0.5, 0.6) is 0 Å². The second kappa shape index (κ2) is 7.00. The van der Waals surface area contributed by atoms with E-state index in [9.17, 15) is 9.59 Å². The van der Waals surface area contributed by atoms with Crippen LogP contribution in [-0.2, 0) is 6.42 Å². The number of rotatable bonds is 4. The van der Waals surface area contributed by atoms with Crippen molar-refractivity contribution in [3.8, 4) is 0 Å². The Morgan fingerprint density at radius 1 is 1.37 bits per heavy atom. The van der Waals surface area contributed by atoms with Crippen LogP contribution in [0.2, 0.25) is 0 Å². The standard InChI is InChI=1S/C21H28N4O2/c1-4-25(5-2)21(27)22-13-9-15-14-7-6-8-17-20(14)16(18(12-26)23-17)10-19(15)24(3)11-13/h6-8,12-13,15,19,23H,4-5,9-11H2,1-3H3,(H,22,27). The fourth-order valence-corrected chi connectivity index (χ4v) is 5.04. The second-order valence-electron chi connectivity index (χ2n) is 7.78. The van der Waals surface area contributed by atoms with Gasteiger partial charge in [0, 0.05) is 48.5 Å². The van der Waals surface area contributed by atoms with Gasteiger partial charge in [-0.15, -0.1) is 0 Å². The van der Waals surface area contributed by atoms with Gasteiger partial charge in [0.15, 0.2) is 6.29 Å². The van der Waals surface area contributed by atoms with Crippen molar-refractivity contribution in [2.75, 3.05) is 26.7 Å². The van der Waals surface area contributed by atoms with Gasteiger partial charge in [0.05, 0.1) is 5.69 Å². The summed E-state index contributed by atoms with van der Waals surface area (Å²) in [5, 5.41) is 4.45. The number of aromatic amines is 1. The molecule has 4 rings (SSSR count). The highest BCUT2D eigenvalue weighted by Gasteiger charge is 2.40. The predicted molar refractivity (Wildman–Crippen MR) is 106 cm³/mol. The van der Waals surface area contributed by atoms with E-state index in [0.717, 1.165) is 49.8 Å². The third-order valence-electron chi connectivity index (χ3n) is 6.38. The van der Waals surface area contributed by atoms with E-state index in [1.807, 2.05) is 24.8 Å². The Hall–Kier alpha value is -2.34. The number of amides is 2. The molecular weight excluding hydrogens is 340 g/mol. The van der Waals surface area contributed by atoms with Crippen LogP contribution in [-0.4, -0.2) is 65.9 Å². The summed E-state index contributed by atoms with van der Waals surface area (Å²) in [6.45, 7) is 6.28. The van der Waals surface area contributed by atoms with E-state index in [1.54, 1.807) is 0 Å². The van der Waals surface area contributed by atoms with Gasteiger partial charge < -0.3 is 20.1 Å². The highest BCUT2D eigenvalue weighted by molar-refractivity contribution is 5.95. The number of hydrogen-bond donors (Lipinski definition) is 2. The van der Waals surface area contributed by atoms with Gasteiger partial charge in [0.1, 0.15) is 0 Å². The molecule has 2 aliphatic rings. The number of carbonyl (C=O) groups excluding carboxylic acids is 2. The molecule has 2 N–H and O–H groups in total. The molecule has 0 saturated carbocycles. The maximum atomic E-state index is 12.5. The largest absolute Gasteiger partial charge is 0.352 e. The van der Waals surface area contributed by atoms with Crippen molar-refractivity contribution in [1.29, 1.82) is 0 Å². The van der Waals surface area contributed by atoms with Crippen LogP contribution in [0.25, 0.3) is 10.9 Å². The zero-order valence-corrected chi connectivity index (χ0v) is 16.3. The molecule has 6 nitrogen and oxygen atoms in total. The number of urea groups is 1. The molecule has 2 aromatic rings. The van der Waals surface area contributed by atoms with Crippen molar-refractivity contribution in [2.24, 2.45) is 0 Å². The summed E-state index contributed by atoms with van der Waals surface area (Å²) in [5.41, 5.74) is 4.20. The highest BCUT2D eigenvalue weighted by Crippen LogP contribution is 2.43. The van der Waals surface area contributed by atoms with Crippen LogP contribution in [0, 0.1) is 0 Å². The van der Waals surface area contributed by atoms with Gasteiger partial charge in [-0.1, -0.05) is 12.1 Å². The molecule has 6 heteroatoms. The Morgan fingerprint density at radius 3 is 2.85 bits per heavy atom. The lowest BCUT2D eigenvalue weighted by Crippen LogP contribution is -2.56. The minimum absolute atomic E-state index is 0.0245. The third kappa shape index (κ3) is 2.92. The SMILES string of the molecule is CCN(CC)C(=O)NC1CC2c3cccc4[nH]c(C=O)c(c34)CC2N(C)C1. The van der Waals surface area contributed by atoms with Gasteiger partial charge in [-0.05, 0) is 50.9 Å². The number of hydrogen-bond acceptors (Lipinski definition) is 3. The Morgan fingerprint density at radius 2 is 2.15 bits per heavy atom. The summed E-state index contributed by atoms with van der Waals surface area (Å²) in [6, 6.07) is 6.81. The topological polar surface area (TPSA) is 68.4 Å². The second-order valence-corrected chi connectivity index (χ2v) is 7.78. The lowest BCUT2D eigenvalue weighted by Gasteiger charge is -2.46. The molecule has 1 aliphatic heterocycles. The number of likely N-dealkylation sites (tertiary alicyclic amines) is 1. The number of aldehydes is 1. The van der Waals surface area contributed by atoms with E-state index >= 15 is 0 Å². The third-order valence-corrected chi connectivity index (χ3v) is 6.38. The van der Waals surface area contributed by atoms with E-state index in [0.29, 0.717) is 17.7 Å². The fourth-order valence-electron chi connectivity index (χ4n) is 5.04. The summed E-state index contributed by atoms with van der Waals surface area (Å²) < 4.78 is 0. The van der Waals surface area contributed by atoms with Crippen LogP contribution in [0.15, 0.2) is 18.2 Å². The molecule has 3 atom stereocenters. The first-order chi connectivity index (χ1) is 13.1. The number of likely N-dealkylation sites (N-methyl/N-ethyl adjacent to an activating group) is 1. The van der Waals surface area contributed by atoms with Crippen LogP contribution in [0.3, 0.4) is 0 Å². The van der Waals surface area contributed by atoms with Gasteiger partial charge in [0.2, 0.25) is 0 Å². The molecular formula is C21H28N4O2. The number of carbonyl (C=O) groups is 2. The van der Waals surface area contributed by atoms with E-state index in [-0.39, 0.29) is 12.1 Å². The predicted octanol–water partition coefficient (Wildman–Crippen LogP) is 2.74. The van der Waals surface area contributed by atoms with Crippen molar-refractivity contribution in [3.05, 3.63) is 35.0 Å². The summed E-state index contributed by atoms with van der Waals surface area (Å²) in [6.07, 6.45) is 2.75. The molecule has 1 aromatic heterocycles. The number of fused-ring (bicyclic) bond motifs is 2. The van der Waals surface area contributed by atoms with Crippen LogP contribution >= 0.6 is 0 Å². The Kier molecular flexibility index (Phi) is 4.68. The lowest BCUT2D eigenvalue weighted by molar-refractivity contribution is 0.111. The number of benzene rings is 1. The monoisotopic (exact) mass is 368 g/mol. The molecule has 144 valence electrons. The highest BCUT2D eigenvalue weighted by atomic mass is 16.2. The molecule has 2 amide bonds. The molecule has 0 spiro atoms. The Labute approximate surface area is 159 Å². The summed E-state index contributed by atoms with van der Waals surface area (Å²) >= 11 is 0. The first kappa shape index (κ1) is 18.0. The molecule has 1 aliphatic carbocycles. The van der Waals surface area contributed by atoms with Crippen molar-refractivity contribution < 1.29 is 9.59 Å². The van der Waals surface area contributed by atoms with Crippen molar-refractivity contribution >= 4 is 23.2 Å². The summed E-state index contributed by atoms with van der Waals surface area (Å²) in [7, 11) is 2.13. The minimum atomic E-state index is 0.0245. The molecule has 27 heavy (non-hydrogen) atoms. The number of H-pyrrole nitrogens is 1. The van der Waals surface area contributed by atoms with Gasteiger partial charge in [-0.2, -0.15) is 0 Å². The van der Waals surface area contributed by atoms with Crippen molar-refractivity contribution in [2.45, 2.75) is 44.7 Å². The van der Waals surface area contributed by atoms with Gasteiger partial charge in [0.25, 0.3) is 0 Å². The maximum Gasteiger partial charge on any atom is 0.317 e. The molecule has 1 saturated heterocycles. The molecule has 1 aromatic carbocycles. The first-order valence-corrected chi connectivity index (χ1v) is 9.91. The van der Waals surface area contributed by atoms with E-state index in [4.69, 9.17) is 0 Å². The van der Waals surface area contributed by atoms with E-state index < -0.39 is 0 Å². The minimum Gasteiger partial charge on any atom is -0.352 e. The fraction of sp³-hybridized carbons (Fsp3) is 0.524. The first-order valence-electron chi connectivity index (χ1n) is 9.91. The quantitative estimate of drug-likeness (QED) is 0.816. The zero-order chi connectivity index (χ0) is 19.1. The Bertz CT molecular complexity index is 870. The molecule has 2 heterocycles. The summed E-state index contributed by atoms with van der Waals surface area (Å²) in [5.74, 6) is 0.359. The van der Waals surface area contributed by atoms with Gasteiger partial charge in [-0.25, -0.2) is 4.79 Å². The van der Waals surface area contributed by atoms with E-state index in [2.05, 4.69) is 34.4 Å². The average Bonchev–Trinajstić information content (AvgIpc) is 3.03. The number of piperidine rings is 1. The van der Waals surface area contributed by atoms with Crippen molar-refractivity contribution in [3.63, 3.8) is 0 Å². The number of aromatic nitrogens is 1. The molecule has 0 bridgehead atoms. The smallest absolute Gasteiger partial charge is 0.317 e. The number of nitrogens with one attached hydrogen (secondary N) is 2. The lowest BCUT2D eigenvalue weighted by atomic mass is 9.73. The molecule has 0 radical (unpaired) electrons. The maximum absolute atomic E-state index is 12.5. The van der Waals surface area contributed by atoms with Crippen LogP contribution in [0.4, 0.5) is 4.79 Å². The number of nitrogens with zero attached hydrogens (tertiary/aromatic N) is 2. The normalized spacial score (nSPS) is 24.5. The van der Waals surface area contributed by atoms with Crippen LogP contribution in [0.1, 0.15) is 47.8 Å². The van der Waals surface area contributed by atoms with Crippen molar-refractivity contribution in [1.82, 2.24) is 20.1 Å². The molecule has 3 unspecified atom stereocenters. The Balaban J connectivity index is 1.65. The average molecular weight is 368 g/mol.